The topological polar surface area (TPSA) is 9.23 Å². The van der Waals surface area contributed by atoms with Crippen molar-refractivity contribution in [1.82, 2.24) is 0 Å². The first kappa shape index (κ1) is 10.3. The van der Waals surface area contributed by atoms with Crippen molar-refractivity contribution in [1.29, 1.82) is 0 Å². The maximum absolute atomic E-state index is 5.80. The molecule has 0 amide bonds. The summed E-state index contributed by atoms with van der Waals surface area (Å²) in [6.07, 6.45) is 2.71. The van der Waals surface area contributed by atoms with Crippen LogP contribution in [0, 0.1) is 15.4 Å². The van der Waals surface area contributed by atoms with Gasteiger partial charge in [-0.3, -0.25) is 0 Å². The number of hydrogen-bond donors (Lipinski definition) is 0. The molecule has 1 aliphatic rings. The maximum Gasteiger partial charge on any atom is 0.132 e. The molecular weight excluding hydrogens is 287 g/mol. The second-order valence-corrected chi connectivity index (χ2v) is 5.22. The second kappa shape index (κ2) is 4.51. The third-order valence-electron chi connectivity index (χ3n) is 3.09. The van der Waals surface area contributed by atoms with Gasteiger partial charge in [-0.05, 0) is 59.4 Å². The van der Waals surface area contributed by atoms with E-state index in [1.54, 1.807) is 0 Å². The van der Waals surface area contributed by atoms with Crippen LogP contribution in [-0.4, -0.2) is 6.61 Å². The Kier molecular flexibility index (Phi) is 3.31. The van der Waals surface area contributed by atoms with Gasteiger partial charge in [-0.1, -0.05) is 19.1 Å². The Morgan fingerprint density at radius 2 is 2.14 bits per heavy atom. The Morgan fingerprint density at radius 1 is 1.36 bits per heavy atom. The molecule has 0 aliphatic heterocycles. The SMILES string of the molecule is C[C@@H]1CC[C@@H]1COc1ccccc1I. The molecule has 0 radical (unpaired) electrons. The fourth-order valence-corrected chi connectivity index (χ4v) is 2.29. The van der Waals surface area contributed by atoms with Crippen molar-refractivity contribution >= 4 is 22.6 Å². The molecule has 1 nitrogen and oxygen atoms in total. The van der Waals surface area contributed by atoms with E-state index in [0.29, 0.717) is 0 Å². The summed E-state index contributed by atoms with van der Waals surface area (Å²) in [5.41, 5.74) is 0. The van der Waals surface area contributed by atoms with Gasteiger partial charge in [0, 0.05) is 0 Å². The molecule has 1 aliphatic carbocycles. The summed E-state index contributed by atoms with van der Waals surface area (Å²) in [4.78, 5) is 0. The van der Waals surface area contributed by atoms with Gasteiger partial charge in [-0.2, -0.15) is 0 Å². The number of para-hydroxylation sites is 1. The lowest BCUT2D eigenvalue weighted by molar-refractivity contribution is 0.116. The fourth-order valence-electron chi connectivity index (χ4n) is 1.74. The van der Waals surface area contributed by atoms with Gasteiger partial charge in [0.2, 0.25) is 0 Å². The summed E-state index contributed by atoms with van der Waals surface area (Å²) in [5.74, 6) is 2.68. The molecule has 1 aromatic carbocycles. The summed E-state index contributed by atoms with van der Waals surface area (Å²) in [7, 11) is 0. The standard InChI is InChI=1S/C12H15IO/c1-9-6-7-10(9)8-14-12-5-3-2-4-11(12)13/h2-5,9-10H,6-8H2,1H3/t9-,10-/m1/s1. The van der Waals surface area contributed by atoms with Crippen LogP contribution in [0.5, 0.6) is 5.75 Å². The minimum atomic E-state index is 0.783. The monoisotopic (exact) mass is 302 g/mol. The molecule has 2 atom stereocenters. The second-order valence-electron chi connectivity index (χ2n) is 4.06. The zero-order valence-electron chi connectivity index (χ0n) is 8.37. The van der Waals surface area contributed by atoms with Crippen LogP contribution in [0.4, 0.5) is 0 Å². The summed E-state index contributed by atoms with van der Waals surface area (Å²) < 4.78 is 7.01. The lowest BCUT2D eigenvalue weighted by Crippen LogP contribution is -2.28. The van der Waals surface area contributed by atoms with Crippen LogP contribution in [0.2, 0.25) is 0 Å². The van der Waals surface area contributed by atoms with Crippen LogP contribution < -0.4 is 4.74 Å². The lowest BCUT2D eigenvalue weighted by atomic mass is 9.75. The smallest absolute Gasteiger partial charge is 0.132 e. The van der Waals surface area contributed by atoms with Crippen molar-refractivity contribution in [2.24, 2.45) is 11.8 Å². The molecule has 1 saturated carbocycles. The molecule has 0 aromatic heterocycles. The number of hydrogen-bond acceptors (Lipinski definition) is 1. The highest BCUT2D eigenvalue weighted by Gasteiger charge is 2.27. The predicted molar refractivity (Wildman–Crippen MR) is 66.5 cm³/mol. The minimum Gasteiger partial charge on any atom is -0.492 e. The van der Waals surface area contributed by atoms with Crippen LogP contribution in [0.25, 0.3) is 0 Å². The highest BCUT2D eigenvalue weighted by molar-refractivity contribution is 14.1. The third-order valence-corrected chi connectivity index (χ3v) is 3.98. The van der Waals surface area contributed by atoms with E-state index in [1.807, 2.05) is 18.2 Å². The quantitative estimate of drug-likeness (QED) is 0.773. The van der Waals surface area contributed by atoms with Crippen LogP contribution in [0.3, 0.4) is 0 Å². The number of ether oxygens (including phenoxy) is 1. The molecule has 0 bridgehead atoms. The van der Waals surface area contributed by atoms with E-state index >= 15 is 0 Å². The molecule has 14 heavy (non-hydrogen) atoms. The molecule has 0 unspecified atom stereocenters. The van der Waals surface area contributed by atoms with Gasteiger partial charge in [0.25, 0.3) is 0 Å². The average Bonchev–Trinajstić information content (AvgIpc) is 2.19. The lowest BCUT2D eigenvalue weighted by Gasteiger charge is -2.33. The summed E-state index contributed by atoms with van der Waals surface area (Å²) in [5, 5.41) is 0. The molecule has 0 saturated heterocycles. The Bertz CT molecular complexity index is 311. The van der Waals surface area contributed by atoms with E-state index in [-0.39, 0.29) is 0 Å². The van der Waals surface area contributed by atoms with Crippen molar-refractivity contribution < 1.29 is 4.74 Å². The fraction of sp³-hybridized carbons (Fsp3) is 0.500. The van der Waals surface area contributed by atoms with E-state index in [0.717, 1.165) is 24.2 Å². The van der Waals surface area contributed by atoms with E-state index in [1.165, 1.54) is 16.4 Å². The first-order valence-corrected chi connectivity index (χ1v) is 6.22. The normalized spacial score (nSPS) is 25.6. The van der Waals surface area contributed by atoms with Gasteiger partial charge in [0.1, 0.15) is 5.75 Å². The summed E-state index contributed by atoms with van der Waals surface area (Å²) in [6.45, 7) is 3.20. The van der Waals surface area contributed by atoms with Gasteiger partial charge in [-0.25, -0.2) is 0 Å². The molecule has 0 spiro atoms. The molecule has 76 valence electrons. The van der Waals surface area contributed by atoms with E-state index < -0.39 is 0 Å². The Morgan fingerprint density at radius 3 is 2.71 bits per heavy atom. The number of halogens is 1. The summed E-state index contributed by atoms with van der Waals surface area (Å²) >= 11 is 2.32. The Hall–Kier alpha value is -0.250. The third kappa shape index (κ3) is 2.22. The highest BCUT2D eigenvalue weighted by atomic mass is 127. The first-order valence-electron chi connectivity index (χ1n) is 5.14. The molecule has 1 aromatic rings. The van der Waals surface area contributed by atoms with Crippen molar-refractivity contribution in [3.63, 3.8) is 0 Å². The minimum absolute atomic E-state index is 0.783. The predicted octanol–water partition coefficient (Wildman–Crippen LogP) is 3.72. The zero-order valence-corrected chi connectivity index (χ0v) is 10.5. The average molecular weight is 302 g/mol. The Labute approximate surface area is 99.0 Å². The van der Waals surface area contributed by atoms with Crippen LogP contribution >= 0.6 is 22.6 Å². The van der Waals surface area contributed by atoms with Gasteiger partial charge in [0.05, 0.1) is 10.2 Å². The number of benzene rings is 1. The largest absolute Gasteiger partial charge is 0.492 e. The van der Waals surface area contributed by atoms with Crippen LogP contribution in [-0.2, 0) is 0 Å². The van der Waals surface area contributed by atoms with E-state index in [4.69, 9.17) is 4.74 Å². The molecule has 0 N–H and O–H groups in total. The molecule has 2 heteroatoms. The van der Waals surface area contributed by atoms with Crippen LogP contribution in [0.1, 0.15) is 19.8 Å². The van der Waals surface area contributed by atoms with E-state index in [2.05, 4.69) is 35.6 Å². The Balaban J connectivity index is 1.88. The van der Waals surface area contributed by atoms with Crippen LogP contribution in [0.15, 0.2) is 24.3 Å². The number of rotatable bonds is 3. The summed E-state index contributed by atoms with van der Waals surface area (Å²) in [6, 6.07) is 8.20. The van der Waals surface area contributed by atoms with Gasteiger partial charge >= 0.3 is 0 Å². The van der Waals surface area contributed by atoms with Crippen molar-refractivity contribution in [3.8, 4) is 5.75 Å². The molecule has 2 rings (SSSR count). The van der Waals surface area contributed by atoms with E-state index in [9.17, 15) is 0 Å². The van der Waals surface area contributed by atoms with Gasteiger partial charge in [-0.15, -0.1) is 0 Å². The maximum atomic E-state index is 5.80. The molecule has 0 heterocycles. The zero-order chi connectivity index (χ0) is 9.97. The van der Waals surface area contributed by atoms with Crippen molar-refractivity contribution in [3.05, 3.63) is 27.8 Å². The molecular formula is C12H15IO. The molecule has 1 fully saturated rings. The van der Waals surface area contributed by atoms with Gasteiger partial charge < -0.3 is 4.74 Å². The van der Waals surface area contributed by atoms with Crippen molar-refractivity contribution in [2.75, 3.05) is 6.61 Å². The van der Waals surface area contributed by atoms with Crippen molar-refractivity contribution in [2.45, 2.75) is 19.8 Å². The highest BCUT2D eigenvalue weighted by Crippen LogP contribution is 2.34. The van der Waals surface area contributed by atoms with Gasteiger partial charge in [0.15, 0.2) is 0 Å². The first-order chi connectivity index (χ1) is 6.77.